The molecule has 0 radical (unpaired) electrons. The molecule has 1 aromatic rings. The summed E-state index contributed by atoms with van der Waals surface area (Å²) in [4.78, 5) is 38.9. The van der Waals surface area contributed by atoms with Crippen molar-refractivity contribution in [3.8, 4) is 0 Å². The van der Waals surface area contributed by atoms with Crippen molar-refractivity contribution >= 4 is 17.9 Å². The van der Waals surface area contributed by atoms with Crippen LogP contribution in [-0.2, 0) is 33.5 Å². The van der Waals surface area contributed by atoms with Crippen LogP contribution in [0.3, 0.4) is 0 Å². The summed E-state index contributed by atoms with van der Waals surface area (Å²) in [6.07, 6.45) is -6.14. The van der Waals surface area contributed by atoms with E-state index in [2.05, 4.69) is 5.32 Å². The van der Waals surface area contributed by atoms with Crippen LogP contribution in [0.2, 0.25) is 0 Å². The van der Waals surface area contributed by atoms with Crippen molar-refractivity contribution in [1.82, 2.24) is 15.1 Å². The third kappa shape index (κ3) is 5.66. The van der Waals surface area contributed by atoms with E-state index in [-0.39, 0.29) is 63.2 Å². The van der Waals surface area contributed by atoms with E-state index in [9.17, 15) is 27.6 Å². The number of alkyl halides is 3. The molecule has 2 aliphatic heterocycles. The van der Waals surface area contributed by atoms with E-state index in [0.717, 1.165) is 6.07 Å². The molecule has 0 saturated carbocycles. The van der Waals surface area contributed by atoms with E-state index in [1.165, 1.54) is 15.9 Å². The third-order valence-corrected chi connectivity index (χ3v) is 5.43. The van der Waals surface area contributed by atoms with Gasteiger partial charge >= 0.3 is 12.3 Å². The molecule has 11 heteroatoms. The number of nitrogens with one attached hydrogen (secondary N) is 1. The molecule has 3 amide bonds. The first-order chi connectivity index (χ1) is 14.5. The maximum absolute atomic E-state index is 13.2. The van der Waals surface area contributed by atoms with Gasteiger partial charge in [0.05, 0.1) is 17.7 Å². The first-order valence-electron chi connectivity index (χ1n) is 9.89. The van der Waals surface area contributed by atoms with Crippen LogP contribution in [-0.4, -0.2) is 71.2 Å². The zero-order valence-corrected chi connectivity index (χ0v) is 16.9. The number of amides is 3. The number of carbonyl (C=O) groups excluding carboxylic acids is 2. The largest absolute Gasteiger partial charge is 0.465 e. The highest BCUT2D eigenvalue weighted by atomic mass is 19.4. The van der Waals surface area contributed by atoms with Crippen molar-refractivity contribution in [3.05, 3.63) is 34.9 Å². The number of rotatable bonds is 5. The van der Waals surface area contributed by atoms with Gasteiger partial charge in [0.15, 0.2) is 0 Å². The fourth-order valence-electron chi connectivity index (χ4n) is 3.98. The molecule has 8 nitrogen and oxygen atoms in total. The molecular formula is C20H24F3N3O5. The number of ether oxygens (including phenoxy) is 1. The van der Waals surface area contributed by atoms with Crippen molar-refractivity contribution in [3.63, 3.8) is 0 Å². The van der Waals surface area contributed by atoms with E-state index in [0.29, 0.717) is 5.56 Å². The lowest BCUT2D eigenvalue weighted by Crippen LogP contribution is -2.53. The van der Waals surface area contributed by atoms with Gasteiger partial charge in [-0.1, -0.05) is 12.1 Å². The lowest BCUT2D eigenvalue weighted by atomic mass is 9.94. The fraction of sp³-hybridized carbons (Fsp3) is 0.550. The average molecular weight is 443 g/mol. The molecule has 0 bridgehead atoms. The summed E-state index contributed by atoms with van der Waals surface area (Å²) in [7, 11) is 0. The highest BCUT2D eigenvalue weighted by molar-refractivity contribution is 5.80. The molecule has 1 saturated heterocycles. The van der Waals surface area contributed by atoms with Gasteiger partial charge in [-0.15, -0.1) is 0 Å². The van der Waals surface area contributed by atoms with Gasteiger partial charge < -0.3 is 25.0 Å². The molecule has 0 aromatic heterocycles. The van der Waals surface area contributed by atoms with Crippen molar-refractivity contribution in [1.29, 1.82) is 0 Å². The summed E-state index contributed by atoms with van der Waals surface area (Å²) in [6, 6.07) is 3.06. The van der Waals surface area contributed by atoms with Crippen LogP contribution in [0.4, 0.5) is 18.0 Å². The minimum atomic E-state index is -4.46. The Morgan fingerprint density at radius 1 is 1.35 bits per heavy atom. The number of hydrogen-bond donors (Lipinski definition) is 2. The first kappa shape index (κ1) is 22.9. The van der Waals surface area contributed by atoms with Crippen LogP contribution >= 0.6 is 0 Å². The van der Waals surface area contributed by atoms with Crippen molar-refractivity contribution in [2.45, 2.75) is 44.6 Å². The van der Waals surface area contributed by atoms with Crippen LogP contribution in [0.15, 0.2) is 18.2 Å². The summed E-state index contributed by atoms with van der Waals surface area (Å²) < 4.78 is 44.9. The maximum Gasteiger partial charge on any atom is 0.416 e. The van der Waals surface area contributed by atoms with Gasteiger partial charge in [0, 0.05) is 32.6 Å². The van der Waals surface area contributed by atoms with Crippen LogP contribution in [0, 0.1) is 0 Å². The monoisotopic (exact) mass is 443 g/mol. The lowest BCUT2D eigenvalue weighted by molar-refractivity contribution is -0.148. The van der Waals surface area contributed by atoms with E-state index in [1.807, 2.05) is 0 Å². The summed E-state index contributed by atoms with van der Waals surface area (Å²) in [5, 5.41) is 11.4. The Bertz CT molecular complexity index is 861. The maximum atomic E-state index is 13.2. The fourth-order valence-corrected chi connectivity index (χ4v) is 3.98. The normalized spacial score (nSPS) is 20.3. The van der Waals surface area contributed by atoms with Crippen molar-refractivity contribution in [2.75, 3.05) is 26.2 Å². The van der Waals surface area contributed by atoms with E-state index in [1.54, 1.807) is 13.0 Å². The van der Waals surface area contributed by atoms with Gasteiger partial charge in [0.2, 0.25) is 11.8 Å². The molecule has 170 valence electrons. The van der Waals surface area contributed by atoms with Crippen LogP contribution < -0.4 is 5.32 Å². The second-order valence-electron chi connectivity index (χ2n) is 7.78. The molecule has 0 spiro atoms. The Labute approximate surface area is 176 Å². The molecule has 2 aliphatic rings. The number of nitrogens with zero attached hydrogens (tertiary/aromatic N) is 2. The van der Waals surface area contributed by atoms with Gasteiger partial charge in [-0.3, -0.25) is 9.59 Å². The van der Waals surface area contributed by atoms with Crippen LogP contribution in [0.5, 0.6) is 0 Å². The van der Waals surface area contributed by atoms with Crippen molar-refractivity contribution in [2.24, 2.45) is 0 Å². The Balaban J connectivity index is 1.68. The summed E-state index contributed by atoms with van der Waals surface area (Å²) >= 11 is 0. The standard InChI is InChI=1S/C20H24F3N3O5/c1-12-8-26(18(28)11-31-12)10-14(24-19(29)30)7-17(27)25-6-5-15-13(9-25)3-2-4-16(15)20(21,22)23/h2-4,12,14,24H,5-11H2,1H3,(H,29,30)/t12-,14-/m0/s1. The lowest BCUT2D eigenvalue weighted by Gasteiger charge is -2.35. The Kier molecular flexibility index (Phi) is 6.73. The SMILES string of the molecule is C[C@H]1CN(C[C@H](CC(=O)N2CCc3c(cccc3C(F)(F)F)C2)NC(=O)O)C(=O)CO1. The number of hydrogen-bond acceptors (Lipinski definition) is 4. The zero-order chi connectivity index (χ0) is 22.8. The second-order valence-corrected chi connectivity index (χ2v) is 7.78. The molecule has 1 fully saturated rings. The summed E-state index contributed by atoms with van der Waals surface area (Å²) in [5.41, 5.74) is -0.0796. The Morgan fingerprint density at radius 3 is 2.77 bits per heavy atom. The van der Waals surface area contributed by atoms with Crippen molar-refractivity contribution < 1.29 is 37.4 Å². The van der Waals surface area contributed by atoms with E-state index in [4.69, 9.17) is 9.84 Å². The molecule has 2 heterocycles. The number of fused-ring (bicyclic) bond motifs is 1. The molecule has 0 unspecified atom stereocenters. The van der Waals surface area contributed by atoms with Gasteiger partial charge in [-0.05, 0) is 30.5 Å². The number of carboxylic acid groups (broad SMARTS) is 1. The van der Waals surface area contributed by atoms with Crippen LogP contribution in [0.1, 0.15) is 30.0 Å². The molecule has 1 aromatic carbocycles. The van der Waals surface area contributed by atoms with Gasteiger partial charge in [0.1, 0.15) is 6.61 Å². The highest BCUT2D eigenvalue weighted by Gasteiger charge is 2.36. The minimum Gasteiger partial charge on any atom is -0.465 e. The molecular weight excluding hydrogens is 419 g/mol. The minimum absolute atomic E-state index is 0.00716. The predicted molar refractivity (Wildman–Crippen MR) is 102 cm³/mol. The third-order valence-electron chi connectivity index (χ3n) is 5.43. The quantitative estimate of drug-likeness (QED) is 0.724. The molecule has 2 N–H and O–H groups in total. The van der Waals surface area contributed by atoms with E-state index < -0.39 is 29.8 Å². The molecule has 2 atom stereocenters. The number of benzene rings is 1. The van der Waals surface area contributed by atoms with Gasteiger partial charge in [0.25, 0.3) is 0 Å². The first-order valence-corrected chi connectivity index (χ1v) is 9.89. The van der Waals surface area contributed by atoms with Crippen LogP contribution in [0.25, 0.3) is 0 Å². The highest BCUT2D eigenvalue weighted by Crippen LogP contribution is 2.35. The average Bonchev–Trinajstić information content (AvgIpc) is 2.68. The number of morpholine rings is 1. The summed E-state index contributed by atoms with van der Waals surface area (Å²) in [6.45, 7) is 2.08. The zero-order valence-electron chi connectivity index (χ0n) is 16.9. The predicted octanol–water partition coefficient (Wildman–Crippen LogP) is 1.86. The Hall–Kier alpha value is -2.82. The molecule has 3 rings (SSSR count). The smallest absolute Gasteiger partial charge is 0.416 e. The summed E-state index contributed by atoms with van der Waals surface area (Å²) in [5.74, 6) is -0.690. The van der Waals surface area contributed by atoms with Gasteiger partial charge in [-0.2, -0.15) is 13.2 Å². The molecule has 0 aliphatic carbocycles. The molecule has 31 heavy (non-hydrogen) atoms. The van der Waals surface area contributed by atoms with Gasteiger partial charge in [-0.25, -0.2) is 4.79 Å². The number of carbonyl (C=O) groups is 3. The number of halogens is 3. The second kappa shape index (κ2) is 9.13. The van der Waals surface area contributed by atoms with E-state index >= 15 is 0 Å². The Morgan fingerprint density at radius 2 is 2.10 bits per heavy atom. The topological polar surface area (TPSA) is 99.2 Å².